The molecule has 1 aliphatic carbocycles. The van der Waals surface area contributed by atoms with Crippen molar-refractivity contribution in [2.45, 2.75) is 56.2 Å². The Balaban J connectivity index is 1.37. The van der Waals surface area contributed by atoms with Gasteiger partial charge in [-0.1, -0.05) is 30.3 Å². The molecular weight excluding hydrogens is 422 g/mol. The number of nitrogens with zero attached hydrogens (tertiary/aromatic N) is 2. The van der Waals surface area contributed by atoms with Crippen molar-refractivity contribution in [3.63, 3.8) is 0 Å². The molecule has 7 nitrogen and oxygen atoms in total. The summed E-state index contributed by atoms with van der Waals surface area (Å²) in [6.45, 7) is 1.11. The summed E-state index contributed by atoms with van der Waals surface area (Å²) in [5.41, 5.74) is 1.40. The van der Waals surface area contributed by atoms with Crippen molar-refractivity contribution < 1.29 is 18.3 Å². The van der Waals surface area contributed by atoms with Crippen molar-refractivity contribution >= 4 is 26.5 Å². The van der Waals surface area contributed by atoms with E-state index in [2.05, 4.69) is 44.9 Å². The highest BCUT2D eigenvalue weighted by Crippen LogP contribution is 2.35. The minimum atomic E-state index is -3.32. The van der Waals surface area contributed by atoms with Gasteiger partial charge in [-0.3, -0.25) is 0 Å². The summed E-state index contributed by atoms with van der Waals surface area (Å²) in [6.07, 6.45) is 6.29. The van der Waals surface area contributed by atoms with Crippen molar-refractivity contribution in [2.24, 2.45) is 0 Å². The van der Waals surface area contributed by atoms with E-state index in [9.17, 15) is 13.5 Å². The van der Waals surface area contributed by atoms with Gasteiger partial charge in [-0.25, -0.2) is 13.1 Å². The third kappa shape index (κ3) is 5.32. The SMILES string of the molecule is CS(=O)(=O)N[C@H]1CCN(c2nc(O)cs2)[C@H]1COC1CCC(c2ccccc2)CC1. The molecule has 0 bridgehead atoms. The highest BCUT2D eigenvalue weighted by Gasteiger charge is 2.38. The maximum atomic E-state index is 11.8. The van der Waals surface area contributed by atoms with E-state index < -0.39 is 10.0 Å². The molecule has 2 atom stereocenters. The zero-order chi connectivity index (χ0) is 21.1. The van der Waals surface area contributed by atoms with Crippen LogP contribution in [0.1, 0.15) is 43.6 Å². The zero-order valence-electron chi connectivity index (χ0n) is 17.1. The topological polar surface area (TPSA) is 91.8 Å². The molecule has 30 heavy (non-hydrogen) atoms. The number of sulfonamides is 1. The highest BCUT2D eigenvalue weighted by atomic mass is 32.2. The van der Waals surface area contributed by atoms with Crippen molar-refractivity contribution in [1.29, 1.82) is 0 Å². The molecule has 2 fully saturated rings. The molecule has 2 N–H and O–H groups in total. The Morgan fingerprint density at radius 3 is 2.57 bits per heavy atom. The Morgan fingerprint density at radius 1 is 1.20 bits per heavy atom. The van der Waals surface area contributed by atoms with Crippen molar-refractivity contribution in [1.82, 2.24) is 9.71 Å². The summed E-state index contributed by atoms with van der Waals surface area (Å²) < 4.78 is 32.7. The predicted molar refractivity (Wildman–Crippen MR) is 119 cm³/mol. The first-order chi connectivity index (χ1) is 14.4. The number of anilines is 1. The average Bonchev–Trinajstić information content (AvgIpc) is 3.32. The van der Waals surface area contributed by atoms with Crippen molar-refractivity contribution in [3.8, 4) is 5.88 Å². The van der Waals surface area contributed by atoms with Gasteiger partial charge in [-0.05, 0) is 43.6 Å². The Labute approximate surface area is 182 Å². The number of benzene rings is 1. The van der Waals surface area contributed by atoms with E-state index in [1.165, 1.54) is 23.2 Å². The molecule has 4 rings (SSSR count). The van der Waals surface area contributed by atoms with Crippen LogP contribution in [-0.2, 0) is 14.8 Å². The van der Waals surface area contributed by atoms with Gasteiger partial charge in [0.25, 0.3) is 0 Å². The fourth-order valence-electron chi connectivity index (χ4n) is 4.62. The minimum Gasteiger partial charge on any atom is -0.493 e. The number of rotatable bonds is 7. The summed E-state index contributed by atoms with van der Waals surface area (Å²) in [5.74, 6) is 0.584. The number of ether oxygens (including phenoxy) is 1. The van der Waals surface area contributed by atoms with Gasteiger partial charge in [0, 0.05) is 12.6 Å². The predicted octanol–water partition coefficient (Wildman–Crippen LogP) is 3.09. The van der Waals surface area contributed by atoms with Crippen LogP contribution in [0.2, 0.25) is 0 Å². The van der Waals surface area contributed by atoms with Gasteiger partial charge in [0.15, 0.2) is 5.13 Å². The van der Waals surface area contributed by atoms with E-state index in [1.807, 2.05) is 0 Å². The summed E-state index contributed by atoms with van der Waals surface area (Å²) in [4.78, 5) is 6.24. The van der Waals surface area contributed by atoms with Gasteiger partial charge in [0.2, 0.25) is 15.9 Å². The maximum Gasteiger partial charge on any atom is 0.223 e. The molecule has 1 saturated carbocycles. The van der Waals surface area contributed by atoms with Gasteiger partial charge in [0.1, 0.15) is 0 Å². The smallest absolute Gasteiger partial charge is 0.223 e. The van der Waals surface area contributed by atoms with E-state index in [1.54, 1.807) is 5.38 Å². The fourth-order valence-corrected chi connectivity index (χ4v) is 6.22. The number of hydrogen-bond acceptors (Lipinski definition) is 7. The van der Waals surface area contributed by atoms with Crippen LogP contribution in [0.5, 0.6) is 5.88 Å². The largest absolute Gasteiger partial charge is 0.493 e. The molecule has 0 unspecified atom stereocenters. The van der Waals surface area contributed by atoms with E-state index in [-0.39, 0.29) is 24.1 Å². The van der Waals surface area contributed by atoms with Gasteiger partial charge >= 0.3 is 0 Å². The average molecular weight is 452 g/mol. The molecule has 1 aliphatic heterocycles. The van der Waals surface area contributed by atoms with E-state index in [0.29, 0.717) is 30.6 Å². The third-order valence-corrected chi connectivity index (χ3v) is 7.68. The van der Waals surface area contributed by atoms with Crippen LogP contribution in [0.4, 0.5) is 5.13 Å². The Kier molecular flexibility index (Phi) is 6.62. The highest BCUT2D eigenvalue weighted by molar-refractivity contribution is 7.88. The summed E-state index contributed by atoms with van der Waals surface area (Å²) in [5, 5.41) is 11.9. The first-order valence-electron chi connectivity index (χ1n) is 10.4. The number of thiazole rings is 1. The van der Waals surface area contributed by atoms with Crippen LogP contribution in [0.3, 0.4) is 0 Å². The van der Waals surface area contributed by atoms with Crippen LogP contribution < -0.4 is 9.62 Å². The Hall–Kier alpha value is -1.68. The van der Waals surface area contributed by atoms with Gasteiger partial charge in [-0.15, -0.1) is 11.3 Å². The fraction of sp³-hybridized carbons (Fsp3) is 0.571. The van der Waals surface area contributed by atoms with E-state index in [4.69, 9.17) is 4.74 Å². The minimum absolute atomic E-state index is 0.00609. The molecule has 0 radical (unpaired) electrons. The Bertz CT molecular complexity index is 927. The molecule has 0 amide bonds. The molecule has 1 aromatic heterocycles. The van der Waals surface area contributed by atoms with E-state index in [0.717, 1.165) is 25.7 Å². The second-order valence-corrected chi connectivity index (χ2v) is 10.9. The summed E-state index contributed by atoms with van der Waals surface area (Å²) in [7, 11) is -3.32. The zero-order valence-corrected chi connectivity index (χ0v) is 18.7. The molecule has 2 heterocycles. The maximum absolute atomic E-state index is 11.8. The van der Waals surface area contributed by atoms with Crippen LogP contribution in [-0.4, -0.2) is 56.1 Å². The van der Waals surface area contributed by atoms with Crippen LogP contribution in [0, 0.1) is 0 Å². The summed E-state index contributed by atoms with van der Waals surface area (Å²) in [6, 6.07) is 10.3. The first-order valence-corrected chi connectivity index (χ1v) is 13.2. The normalized spacial score (nSPS) is 27.4. The molecular formula is C21H29N3O4S2. The molecule has 2 aliphatic rings. The molecule has 164 valence electrons. The molecule has 2 aromatic rings. The van der Waals surface area contributed by atoms with Crippen LogP contribution >= 0.6 is 11.3 Å². The lowest BCUT2D eigenvalue weighted by Crippen LogP contribution is -2.48. The van der Waals surface area contributed by atoms with Crippen LogP contribution in [0.15, 0.2) is 35.7 Å². The second-order valence-electron chi connectivity index (χ2n) is 8.25. The number of nitrogens with one attached hydrogen (secondary N) is 1. The van der Waals surface area contributed by atoms with Gasteiger partial charge < -0.3 is 14.7 Å². The standard InChI is InChI=1S/C21H29N3O4S2/c1-30(26,27)23-18-11-12-24(21-22-20(25)14-29-21)19(18)13-28-17-9-7-16(8-10-17)15-5-3-2-4-6-15/h2-6,14,16-19,23,25H,7-13H2,1H3/t16?,17?,18-,19-/m0/s1. The number of aromatic nitrogens is 1. The lowest BCUT2D eigenvalue weighted by Gasteiger charge is -2.32. The van der Waals surface area contributed by atoms with Crippen LogP contribution in [0.25, 0.3) is 0 Å². The Morgan fingerprint density at radius 2 is 1.93 bits per heavy atom. The van der Waals surface area contributed by atoms with Crippen molar-refractivity contribution in [2.75, 3.05) is 24.3 Å². The number of aromatic hydroxyl groups is 1. The van der Waals surface area contributed by atoms with Gasteiger partial charge in [0.05, 0.1) is 30.4 Å². The molecule has 9 heteroatoms. The summed E-state index contributed by atoms with van der Waals surface area (Å²) >= 11 is 1.36. The molecule has 0 spiro atoms. The van der Waals surface area contributed by atoms with E-state index >= 15 is 0 Å². The van der Waals surface area contributed by atoms with Crippen molar-refractivity contribution in [3.05, 3.63) is 41.3 Å². The molecule has 1 aromatic carbocycles. The third-order valence-electron chi connectivity index (χ3n) is 6.08. The quantitative estimate of drug-likeness (QED) is 0.672. The van der Waals surface area contributed by atoms with Gasteiger partial charge in [-0.2, -0.15) is 4.98 Å². The lowest BCUT2D eigenvalue weighted by molar-refractivity contribution is 0.0157. The molecule has 1 saturated heterocycles. The second kappa shape index (κ2) is 9.21. The number of hydrogen-bond donors (Lipinski definition) is 2. The lowest BCUT2D eigenvalue weighted by atomic mass is 9.83. The monoisotopic (exact) mass is 451 g/mol. The first kappa shape index (κ1) is 21.5.